The predicted molar refractivity (Wildman–Crippen MR) is 79.4 cm³/mol. The number of carbonyl (C=O) groups is 1. The highest BCUT2D eigenvalue weighted by Gasteiger charge is 2.07. The van der Waals surface area contributed by atoms with Crippen LogP contribution in [0.1, 0.15) is 55.8 Å². The van der Waals surface area contributed by atoms with E-state index >= 15 is 0 Å². The van der Waals surface area contributed by atoms with Gasteiger partial charge in [-0.25, -0.2) is 4.98 Å². The van der Waals surface area contributed by atoms with Crippen molar-refractivity contribution in [3.63, 3.8) is 0 Å². The summed E-state index contributed by atoms with van der Waals surface area (Å²) in [4.78, 5) is 15.6. The van der Waals surface area contributed by atoms with Crippen molar-refractivity contribution >= 4 is 23.3 Å². The number of unbranched alkanes of at least 4 members (excludes halogenated alkanes) is 5. The molecular formula is C14H22ClN3O. The van der Waals surface area contributed by atoms with Gasteiger partial charge in [-0.1, -0.05) is 50.6 Å². The molecule has 0 bridgehead atoms. The van der Waals surface area contributed by atoms with Crippen LogP contribution in [0.2, 0.25) is 5.15 Å². The second-order valence-corrected chi connectivity index (χ2v) is 5.01. The van der Waals surface area contributed by atoms with Gasteiger partial charge in [0.15, 0.2) is 0 Å². The fourth-order valence-corrected chi connectivity index (χ4v) is 2.07. The highest BCUT2D eigenvalue weighted by molar-refractivity contribution is 6.29. The molecule has 106 valence electrons. The minimum Gasteiger partial charge on any atom is -0.384 e. The Kier molecular flexibility index (Phi) is 7.26. The summed E-state index contributed by atoms with van der Waals surface area (Å²) in [5, 5.41) is 3.10. The molecule has 5 heteroatoms. The molecule has 0 fully saturated rings. The number of halogens is 1. The van der Waals surface area contributed by atoms with Crippen LogP contribution >= 0.6 is 11.6 Å². The summed E-state index contributed by atoms with van der Waals surface area (Å²) in [6, 6.07) is 3.05. The molecule has 19 heavy (non-hydrogen) atoms. The van der Waals surface area contributed by atoms with E-state index in [-0.39, 0.29) is 16.9 Å². The van der Waals surface area contributed by atoms with Gasteiger partial charge in [0.1, 0.15) is 11.0 Å². The summed E-state index contributed by atoms with van der Waals surface area (Å²) in [5.41, 5.74) is 6.01. The molecule has 0 aromatic carbocycles. The van der Waals surface area contributed by atoms with Crippen LogP contribution in [0.25, 0.3) is 0 Å². The molecule has 1 heterocycles. The number of rotatable bonds is 8. The van der Waals surface area contributed by atoms with Crippen molar-refractivity contribution in [3.8, 4) is 0 Å². The van der Waals surface area contributed by atoms with Crippen LogP contribution in [0, 0.1) is 0 Å². The Morgan fingerprint density at radius 3 is 2.63 bits per heavy atom. The van der Waals surface area contributed by atoms with Crippen molar-refractivity contribution in [1.82, 2.24) is 10.3 Å². The Hall–Kier alpha value is -1.29. The van der Waals surface area contributed by atoms with Crippen molar-refractivity contribution in [2.45, 2.75) is 45.4 Å². The molecule has 4 nitrogen and oxygen atoms in total. The minimum atomic E-state index is -0.149. The van der Waals surface area contributed by atoms with Crippen LogP contribution < -0.4 is 11.1 Å². The monoisotopic (exact) mass is 283 g/mol. The molecule has 0 aliphatic heterocycles. The van der Waals surface area contributed by atoms with E-state index in [1.807, 2.05) is 0 Å². The second-order valence-electron chi connectivity index (χ2n) is 4.63. The van der Waals surface area contributed by atoms with E-state index in [9.17, 15) is 4.79 Å². The predicted octanol–water partition coefficient (Wildman–Crippen LogP) is 3.41. The number of nitrogen functional groups attached to an aromatic ring is 1. The Balaban J connectivity index is 2.24. The molecule has 0 saturated carbocycles. The number of aromatic nitrogens is 1. The number of nitrogens with one attached hydrogen (secondary N) is 1. The molecule has 1 aromatic heterocycles. The van der Waals surface area contributed by atoms with E-state index in [0.29, 0.717) is 12.1 Å². The number of amides is 1. The third-order valence-electron chi connectivity index (χ3n) is 2.89. The van der Waals surface area contributed by atoms with E-state index in [4.69, 9.17) is 17.3 Å². The first-order chi connectivity index (χ1) is 9.13. The normalized spacial score (nSPS) is 10.4. The molecule has 0 radical (unpaired) electrons. The number of hydrogen-bond acceptors (Lipinski definition) is 3. The van der Waals surface area contributed by atoms with Gasteiger partial charge in [-0.15, -0.1) is 0 Å². The van der Waals surface area contributed by atoms with Crippen LogP contribution in [0.15, 0.2) is 12.1 Å². The molecule has 3 N–H and O–H groups in total. The van der Waals surface area contributed by atoms with Crippen LogP contribution in [0.3, 0.4) is 0 Å². The van der Waals surface area contributed by atoms with Crippen LogP contribution in [-0.4, -0.2) is 17.4 Å². The zero-order chi connectivity index (χ0) is 14.1. The maximum atomic E-state index is 11.8. The number of nitrogens with zero attached hydrogens (tertiary/aromatic N) is 1. The standard InChI is InChI=1S/C14H22ClN3O/c1-2-3-4-5-6-7-8-17-14(19)11-9-12(15)18-13(16)10-11/h9-10H,2-8H2,1H3,(H2,16,18)(H,17,19). The second kappa shape index (κ2) is 8.75. The molecule has 0 spiro atoms. The Morgan fingerprint density at radius 2 is 1.95 bits per heavy atom. The number of carbonyl (C=O) groups excluding carboxylic acids is 1. The van der Waals surface area contributed by atoms with Crippen molar-refractivity contribution in [2.24, 2.45) is 0 Å². The zero-order valence-corrected chi connectivity index (χ0v) is 12.2. The Morgan fingerprint density at radius 1 is 1.26 bits per heavy atom. The van der Waals surface area contributed by atoms with E-state index in [1.165, 1.54) is 37.8 Å². The van der Waals surface area contributed by atoms with Crippen LogP contribution in [0.4, 0.5) is 5.82 Å². The third-order valence-corrected chi connectivity index (χ3v) is 3.09. The fourth-order valence-electron chi connectivity index (χ4n) is 1.86. The lowest BCUT2D eigenvalue weighted by Gasteiger charge is -2.06. The maximum absolute atomic E-state index is 11.8. The quantitative estimate of drug-likeness (QED) is 0.567. The van der Waals surface area contributed by atoms with Gasteiger partial charge in [0.2, 0.25) is 0 Å². The number of nitrogens with two attached hydrogens (primary N) is 1. The van der Waals surface area contributed by atoms with Gasteiger partial charge in [0.25, 0.3) is 5.91 Å². The van der Waals surface area contributed by atoms with Gasteiger partial charge in [-0.3, -0.25) is 4.79 Å². The summed E-state index contributed by atoms with van der Waals surface area (Å²) in [6.07, 6.45) is 7.21. The number of pyridine rings is 1. The molecule has 1 aromatic rings. The summed E-state index contributed by atoms with van der Waals surface area (Å²) < 4.78 is 0. The van der Waals surface area contributed by atoms with E-state index < -0.39 is 0 Å². The molecule has 0 aliphatic carbocycles. The first kappa shape index (κ1) is 15.8. The molecule has 1 amide bonds. The van der Waals surface area contributed by atoms with Crippen LogP contribution in [-0.2, 0) is 0 Å². The smallest absolute Gasteiger partial charge is 0.251 e. The lowest BCUT2D eigenvalue weighted by Crippen LogP contribution is -2.24. The van der Waals surface area contributed by atoms with Gasteiger partial charge in [-0.2, -0.15) is 0 Å². The van der Waals surface area contributed by atoms with Crippen molar-refractivity contribution in [2.75, 3.05) is 12.3 Å². The largest absolute Gasteiger partial charge is 0.384 e. The topological polar surface area (TPSA) is 68.0 Å². The molecule has 0 saturated heterocycles. The summed E-state index contributed by atoms with van der Waals surface area (Å²) in [5.74, 6) is 0.113. The summed E-state index contributed by atoms with van der Waals surface area (Å²) >= 11 is 5.76. The maximum Gasteiger partial charge on any atom is 0.251 e. The SMILES string of the molecule is CCCCCCCCNC(=O)c1cc(N)nc(Cl)c1. The van der Waals surface area contributed by atoms with Crippen LogP contribution in [0.5, 0.6) is 0 Å². The summed E-state index contributed by atoms with van der Waals surface area (Å²) in [7, 11) is 0. The van der Waals surface area contributed by atoms with Gasteiger partial charge >= 0.3 is 0 Å². The third kappa shape index (κ3) is 6.43. The van der Waals surface area contributed by atoms with Gasteiger partial charge in [0.05, 0.1) is 0 Å². The highest BCUT2D eigenvalue weighted by atomic mass is 35.5. The van der Waals surface area contributed by atoms with E-state index in [1.54, 1.807) is 0 Å². The average Bonchev–Trinajstić information content (AvgIpc) is 2.36. The van der Waals surface area contributed by atoms with Gasteiger partial charge in [0, 0.05) is 12.1 Å². The number of anilines is 1. The zero-order valence-electron chi connectivity index (χ0n) is 11.4. The molecular weight excluding hydrogens is 262 g/mol. The molecule has 1 rings (SSSR count). The minimum absolute atomic E-state index is 0.149. The molecule has 0 unspecified atom stereocenters. The lowest BCUT2D eigenvalue weighted by atomic mass is 10.1. The van der Waals surface area contributed by atoms with Crippen molar-refractivity contribution in [3.05, 3.63) is 22.8 Å². The van der Waals surface area contributed by atoms with Gasteiger partial charge in [-0.05, 0) is 18.6 Å². The van der Waals surface area contributed by atoms with Gasteiger partial charge < -0.3 is 11.1 Å². The van der Waals surface area contributed by atoms with E-state index in [2.05, 4.69) is 17.2 Å². The summed E-state index contributed by atoms with van der Waals surface area (Å²) in [6.45, 7) is 2.89. The Bertz CT molecular complexity index is 389. The van der Waals surface area contributed by atoms with Crippen molar-refractivity contribution < 1.29 is 4.79 Å². The van der Waals surface area contributed by atoms with Crippen molar-refractivity contribution in [1.29, 1.82) is 0 Å². The lowest BCUT2D eigenvalue weighted by molar-refractivity contribution is 0.0953. The first-order valence-corrected chi connectivity index (χ1v) is 7.22. The van der Waals surface area contributed by atoms with E-state index in [0.717, 1.165) is 12.8 Å². The molecule has 0 atom stereocenters. The Labute approximate surface area is 119 Å². The first-order valence-electron chi connectivity index (χ1n) is 6.84. The average molecular weight is 284 g/mol. The highest BCUT2D eigenvalue weighted by Crippen LogP contribution is 2.12. The number of hydrogen-bond donors (Lipinski definition) is 2. The molecule has 0 aliphatic rings. The fraction of sp³-hybridized carbons (Fsp3) is 0.571.